The molecule has 0 unspecified atom stereocenters. The molecule has 126 valence electrons. The first-order chi connectivity index (χ1) is 10.8. The third-order valence-electron chi connectivity index (χ3n) is 5.15. The molecule has 6 nitrogen and oxygen atoms in total. The number of hydrogen-bond donors (Lipinski definition) is 1. The molecular formula is C16H29N3O3. The summed E-state index contributed by atoms with van der Waals surface area (Å²) in [6.45, 7) is 7.83. The molecule has 3 heterocycles. The fourth-order valence-corrected chi connectivity index (χ4v) is 4.02. The van der Waals surface area contributed by atoms with Crippen molar-refractivity contribution in [2.45, 2.75) is 19.3 Å². The largest absolute Gasteiger partial charge is 0.396 e. The van der Waals surface area contributed by atoms with Gasteiger partial charge < -0.3 is 24.5 Å². The van der Waals surface area contributed by atoms with E-state index in [0.29, 0.717) is 38.8 Å². The van der Waals surface area contributed by atoms with Crippen LogP contribution in [0.25, 0.3) is 0 Å². The van der Waals surface area contributed by atoms with Crippen molar-refractivity contribution in [2.24, 2.45) is 11.8 Å². The maximum absolute atomic E-state index is 12.7. The Hall–Kier alpha value is -0.850. The molecule has 0 radical (unpaired) electrons. The van der Waals surface area contributed by atoms with Crippen LogP contribution in [0, 0.1) is 11.8 Å². The van der Waals surface area contributed by atoms with Gasteiger partial charge in [-0.05, 0) is 38.3 Å². The zero-order valence-electron chi connectivity index (χ0n) is 13.5. The molecule has 2 amide bonds. The first-order valence-electron chi connectivity index (χ1n) is 8.71. The van der Waals surface area contributed by atoms with Gasteiger partial charge in [0.05, 0.1) is 13.2 Å². The number of aliphatic hydroxyl groups excluding tert-OH is 1. The van der Waals surface area contributed by atoms with Crippen molar-refractivity contribution in [3.8, 4) is 0 Å². The molecule has 0 aromatic heterocycles. The van der Waals surface area contributed by atoms with Gasteiger partial charge in [0, 0.05) is 45.2 Å². The van der Waals surface area contributed by atoms with Crippen molar-refractivity contribution in [2.75, 3.05) is 65.6 Å². The molecule has 6 heteroatoms. The minimum absolute atomic E-state index is 0.132. The lowest BCUT2D eigenvalue weighted by molar-refractivity contribution is 0.0287. The van der Waals surface area contributed by atoms with Crippen LogP contribution in [-0.4, -0.2) is 91.5 Å². The van der Waals surface area contributed by atoms with Gasteiger partial charge in [0.25, 0.3) is 0 Å². The minimum atomic E-state index is 0.132. The Balaban J connectivity index is 1.58. The van der Waals surface area contributed by atoms with Gasteiger partial charge in [-0.1, -0.05) is 0 Å². The Labute approximate surface area is 133 Å². The SMILES string of the molecule is O=C(N1CCOCC1)N1C[C@@H](CN2CCCC2)C[C@H](CO)C1. The average Bonchev–Trinajstić information content (AvgIpc) is 3.07. The monoisotopic (exact) mass is 311 g/mol. The first kappa shape index (κ1) is 16.0. The van der Waals surface area contributed by atoms with Crippen LogP contribution in [0.4, 0.5) is 4.79 Å². The fourth-order valence-electron chi connectivity index (χ4n) is 4.02. The molecule has 3 fully saturated rings. The second-order valence-electron chi connectivity index (χ2n) is 6.95. The maximum Gasteiger partial charge on any atom is 0.320 e. The third-order valence-corrected chi connectivity index (χ3v) is 5.15. The molecule has 0 aliphatic carbocycles. The van der Waals surface area contributed by atoms with E-state index >= 15 is 0 Å². The van der Waals surface area contributed by atoms with Crippen LogP contribution in [0.2, 0.25) is 0 Å². The number of aliphatic hydroxyl groups is 1. The van der Waals surface area contributed by atoms with E-state index in [4.69, 9.17) is 4.74 Å². The van der Waals surface area contributed by atoms with Crippen molar-refractivity contribution >= 4 is 6.03 Å². The number of morpholine rings is 1. The lowest BCUT2D eigenvalue weighted by Gasteiger charge is -2.41. The number of nitrogens with zero attached hydrogens (tertiary/aromatic N) is 3. The van der Waals surface area contributed by atoms with Gasteiger partial charge in [-0.15, -0.1) is 0 Å². The van der Waals surface area contributed by atoms with Gasteiger partial charge >= 0.3 is 6.03 Å². The Kier molecular flexibility index (Phi) is 5.55. The summed E-state index contributed by atoms with van der Waals surface area (Å²) in [7, 11) is 0. The van der Waals surface area contributed by atoms with Crippen LogP contribution in [0.1, 0.15) is 19.3 Å². The summed E-state index contributed by atoms with van der Waals surface area (Å²) in [5.41, 5.74) is 0. The summed E-state index contributed by atoms with van der Waals surface area (Å²) in [6.07, 6.45) is 3.64. The molecule has 0 aromatic carbocycles. The summed E-state index contributed by atoms with van der Waals surface area (Å²) < 4.78 is 5.33. The smallest absolute Gasteiger partial charge is 0.320 e. The average molecular weight is 311 g/mol. The van der Waals surface area contributed by atoms with Crippen LogP contribution in [0.15, 0.2) is 0 Å². The fraction of sp³-hybridized carbons (Fsp3) is 0.938. The quantitative estimate of drug-likeness (QED) is 0.823. The highest BCUT2D eigenvalue weighted by Gasteiger charge is 2.33. The van der Waals surface area contributed by atoms with Crippen LogP contribution in [0.5, 0.6) is 0 Å². The van der Waals surface area contributed by atoms with E-state index in [0.717, 1.165) is 19.5 Å². The Morgan fingerprint density at radius 1 is 1.00 bits per heavy atom. The van der Waals surface area contributed by atoms with Crippen molar-refractivity contribution < 1.29 is 14.6 Å². The molecule has 1 N–H and O–H groups in total. The summed E-state index contributed by atoms with van der Waals surface area (Å²) in [5.74, 6) is 0.723. The summed E-state index contributed by atoms with van der Waals surface area (Å²) in [6, 6.07) is 0.132. The second kappa shape index (κ2) is 7.62. The topological polar surface area (TPSA) is 56.2 Å². The molecule has 2 atom stereocenters. The number of rotatable bonds is 3. The number of amides is 2. The van der Waals surface area contributed by atoms with E-state index in [1.165, 1.54) is 25.9 Å². The Morgan fingerprint density at radius 3 is 2.36 bits per heavy atom. The predicted octanol–water partition coefficient (Wildman–Crippen LogP) is 0.465. The molecule has 0 bridgehead atoms. The van der Waals surface area contributed by atoms with Crippen molar-refractivity contribution in [1.29, 1.82) is 0 Å². The molecule has 22 heavy (non-hydrogen) atoms. The third kappa shape index (κ3) is 3.91. The number of carbonyl (C=O) groups is 1. The van der Waals surface area contributed by atoms with Crippen LogP contribution in [-0.2, 0) is 4.74 Å². The number of hydrogen-bond acceptors (Lipinski definition) is 4. The molecule has 3 aliphatic heterocycles. The zero-order valence-corrected chi connectivity index (χ0v) is 13.5. The number of carbonyl (C=O) groups excluding carboxylic acids is 1. The summed E-state index contributed by atoms with van der Waals surface area (Å²) in [5, 5.41) is 9.59. The normalized spacial score (nSPS) is 30.8. The van der Waals surface area contributed by atoms with E-state index in [2.05, 4.69) is 4.90 Å². The Bertz CT molecular complexity index is 368. The van der Waals surface area contributed by atoms with Gasteiger partial charge in [-0.2, -0.15) is 0 Å². The van der Waals surface area contributed by atoms with Gasteiger partial charge in [0.2, 0.25) is 0 Å². The highest BCUT2D eigenvalue weighted by atomic mass is 16.5. The van der Waals surface area contributed by atoms with Crippen LogP contribution >= 0.6 is 0 Å². The second-order valence-corrected chi connectivity index (χ2v) is 6.95. The number of ether oxygens (including phenoxy) is 1. The number of urea groups is 1. The van der Waals surface area contributed by atoms with Crippen molar-refractivity contribution in [3.05, 3.63) is 0 Å². The molecule has 3 rings (SSSR count). The molecule has 3 aliphatic rings. The Morgan fingerprint density at radius 2 is 1.68 bits per heavy atom. The van der Waals surface area contributed by atoms with Gasteiger partial charge in [0.15, 0.2) is 0 Å². The predicted molar refractivity (Wildman–Crippen MR) is 83.7 cm³/mol. The molecule has 0 spiro atoms. The van der Waals surface area contributed by atoms with Gasteiger partial charge in [0.1, 0.15) is 0 Å². The van der Waals surface area contributed by atoms with E-state index in [9.17, 15) is 9.90 Å². The first-order valence-corrected chi connectivity index (χ1v) is 8.71. The van der Waals surface area contributed by atoms with E-state index in [1.807, 2.05) is 9.80 Å². The van der Waals surface area contributed by atoms with Crippen molar-refractivity contribution in [1.82, 2.24) is 14.7 Å². The molecule has 0 saturated carbocycles. The minimum Gasteiger partial charge on any atom is -0.396 e. The van der Waals surface area contributed by atoms with Crippen molar-refractivity contribution in [3.63, 3.8) is 0 Å². The van der Waals surface area contributed by atoms with Crippen LogP contribution in [0.3, 0.4) is 0 Å². The summed E-state index contributed by atoms with van der Waals surface area (Å²) in [4.78, 5) is 19.1. The molecule has 3 saturated heterocycles. The van der Waals surface area contributed by atoms with Crippen LogP contribution < -0.4 is 0 Å². The number of piperidine rings is 1. The maximum atomic E-state index is 12.7. The van der Waals surface area contributed by atoms with Gasteiger partial charge in [-0.25, -0.2) is 4.79 Å². The zero-order chi connectivity index (χ0) is 15.4. The van der Waals surface area contributed by atoms with E-state index in [-0.39, 0.29) is 18.6 Å². The van der Waals surface area contributed by atoms with E-state index < -0.39 is 0 Å². The molecule has 0 aromatic rings. The number of likely N-dealkylation sites (tertiary alicyclic amines) is 2. The highest BCUT2D eigenvalue weighted by Crippen LogP contribution is 2.25. The van der Waals surface area contributed by atoms with Gasteiger partial charge in [-0.3, -0.25) is 0 Å². The standard InChI is InChI=1S/C16H29N3O3/c20-13-15-9-14(10-17-3-1-2-4-17)11-19(12-15)16(21)18-5-7-22-8-6-18/h14-15,20H,1-13H2/t14-,15+/m1/s1. The highest BCUT2D eigenvalue weighted by molar-refractivity contribution is 5.74. The van der Waals surface area contributed by atoms with E-state index in [1.54, 1.807) is 0 Å². The molecular weight excluding hydrogens is 282 g/mol. The lowest BCUT2D eigenvalue weighted by atomic mass is 9.89. The summed E-state index contributed by atoms with van der Waals surface area (Å²) >= 11 is 0. The lowest BCUT2D eigenvalue weighted by Crippen LogP contribution is -2.54.